The van der Waals surface area contributed by atoms with Crippen molar-refractivity contribution in [2.24, 2.45) is 11.5 Å². The van der Waals surface area contributed by atoms with Crippen molar-refractivity contribution in [1.29, 1.82) is 0 Å². The van der Waals surface area contributed by atoms with Crippen LogP contribution in [0.3, 0.4) is 0 Å². The predicted octanol–water partition coefficient (Wildman–Crippen LogP) is -3.30. The van der Waals surface area contributed by atoms with Crippen molar-refractivity contribution in [1.82, 2.24) is 26.6 Å². The highest BCUT2D eigenvalue weighted by Crippen LogP contribution is 2.12. The summed E-state index contributed by atoms with van der Waals surface area (Å²) in [6.45, 7) is 0. The molecule has 22 nitrogen and oxygen atoms in total. The average molecular weight is 802 g/mol. The van der Waals surface area contributed by atoms with Crippen molar-refractivity contribution in [3.8, 4) is 5.75 Å². The van der Waals surface area contributed by atoms with Crippen LogP contribution in [0.4, 0.5) is 0 Å². The van der Waals surface area contributed by atoms with Gasteiger partial charge in [0.1, 0.15) is 36.0 Å². The molecule has 0 spiro atoms. The molecule has 14 N–H and O–H groups in total. The van der Waals surface area contributed by atoms with Gasteiger partial charge in [-0.15, -0.1) is 0 Å². The Morgan fingerprint density at radius 3 is 1.37 bits per heavy atom. The molecule has 57 heavy (non-hydrogen) atoms. The molecule has 0 aromatic heterocycles. The first-order valence-electron chi connectivity index (χ1n) is 17.0. The van der Waals surface area contributed by atoms with Crippen LogP contribution in [0.15, 0.2) is 54.6 Å². The average Bonchev–Trinajstić information content (AvgIpc) is 3.12. The molecule has 0 aliphatic carbocycles. The van der Waals surface area contributed by atoms with E-state index in [0.29, 0.717) is 11.1 Å². The van der Waals surface area contributed by atoms with E-state index in [1.807, 2.05) is 5.32 Å². The lowest BCUT2D eigenvalue weighted by Gasteiger charge is -2.26. The third-order valence-electron chi connectivity index (χ3n) is 7.97. The van der Waals surface area contributed by atoms with Crippen molar-refractivity contribution >= 4 is 59.3 Å². The number of amides is 6. The molecule has 0 radical (unpaired) electrons. The smallest absolute Gasteiger partial charge is 0.326 e. The number of hydrogen-bond donors (Lipinski definition) is 12. The fraction of sp³-hybridized carbons (Fsp3) is 0.371. The summed E-state index contributed by atoms with van der Waals surface area (Å²) in [5, 5.41) is 57.8. The molecule has 6 atom stereocenters. The van der Waals surface area contributed by atoms with Crippen LogP contribution in [0.25, 0.3) is 0 Å². The summed E-state index contributed by atoms with van der Waals surface area (Å²) in [4.78, 5) is 124. The zero-order chi connectivity index (χ0) is 42.8. The van der Waals surface area contributed by atoms with Crippen LogP contribution in [0, 0.1) is 0 Å². The van der Waals surface area contributed by atoms with E-state index in [1.54, 1.807) is 30.3 Å². The Labute approximate surface area is 323 Å². The number of aromatic hydroxyl groups is 1. The van der Waals surface area contributed by atoms with E-state index < -0.39 is 121 Å². The summed E-state index contributed by atoms with van der Waals surface area (Å²) in [7, 11) is 0. The fourth-order valence-electron chi connectivity index (χ4n) is 5.08. The van der Waals surface area contributed by atoms with Crippen molar-refractivity contribution < 1.29 is 73.5 Å². The first-order chi connectivity index (χ1) is 26.7. The maximum absolute atomic E-state index is 13.7. The SMILES string of the molecule is NC(=O)C[C@H](NC(=O)[C@@H](N)CCC(=O)O)C(=O)N[C@@H](Cc1ccccc1)C(=O)N[C@@H](CC(=O)O)C(=O)N[C@@H](CC(=O)O)C(=O)N[C@@H](Cc1ccc(O)cc1)C(=O)O. The van der Waals surface area contributed by atoms with Crippen molar-refractivity contribution in [3.05, 3.63) is 65.7 Å². The first kappa shape index (κ1) is 46.1. The molecule has 22 heteroatoms. The van der Waals surface area contributed by atoms with Crippen LogP contribution in [0.1, 0.15) is 43.2 Å². The molecule has 0 saturated carbocycles. The number of carboxylic acids is 4. The molecule has 0 fully saturated rings. The van der Waals surface area contributed by atoms with Gasteiger partial charge in [0.2, 0.25) is 35.4 Å². The maximum Gasteiger partial charge on any atom is 0.326 e. The van der Waals surface area contributed by atoms with E-state index in [2.05, 4.69) is 21.3 Å². The molecule has 0 bridgehead atoms. The molecule has 0 saturated heterocycles. The number of nitrogens with two attached hydrogens (primary N) is 2. The number of benzene rings is 2. The van der Waals surface area contributed by atoms with Gasteiger partial charge in [-0.1, -0.05) is 42.5 Å². The minimum atomic E-state index is -2.03. The second-order valence-corrected chi connectivity index (χ2v) is 12.6. The maximum atomic E-state index is 13.7. The molecule has 2 aromatic rings. The van der Waals surface area contributed by atoms with E-state index in [9.17, 15) is 68.4 Å². The fourth-order valence-corrected chi connectivity index (χ4v) is 5.08. The molecule has 6 amide bonds. The monoisotopic (exact) mass is 801 g/mol. The van der Waals surface area contributed by atoms with Gasteiger partial charge < -0.3 is 63.6 Å². The summed E-state index contributed by atoms with van der Waals surface area (Å²) in [5.74, 6) is -13.4. The normalized spacial score (nSPS) is 13.8. The molecule has 308 valence electrons. The van der Waals surface area contributed by atoms with Crippen molar-refractivity contribution in [3.63, 3.8) is 0 Å². The van der Waals surface area contributed by atoms with E-state index in [0.717, 1.165) is 0 Å². The van der Waals surface area contributed by atoms with Gasteiger partial charge in [-0.25, -0.2) is 4.79 Å². The van der Waals surface area contributed by atoms with Crippen LogP contribution in [0.5, 0.6) is 5.75 Å². The van der Waals surface area contributed by atoms with Crippen LogP contribution < -0.4 is 38.1 Å². The van der Waals surface area contributed by atoms with Crippen LogP contribution in [-0.4, -0.2) is 121 Å². The minimum absolute atomic E-state index is 0.122. The Kier molecular flexibility index (Phi) is 18.0. The number of nitrogens with one attached hydrogen (secondary N) is 5. The van der Waals surface area contributed by atoms with Gasteiger partial charge in [0.15, 0.2) is 0 Å². The lowest BCUT2D eigenvalue weighted by Crippen LogP contribution is -2.60. The molecular formula is C35H43N7O15. The third-order valence-corrected chi connectivity index (χ3v) is 7.97. The number of carbonyl (C=O) groups excluding carboxylic acids is 6. The first-order valence-corrected chi connectivity index (χ1v) is 17.0. The Morgan fingerprint density at radius 1 is 0.509 bits per heavy atom. The van der Waals surface area contributed by atoms with E-state index in [1.165, 1.54) is 24.3 Å². The lowest BCUT2D eigenvalue weighted by atomic mass is 10.0. The van der Waals surface area contributed by atoms with Gasteiger partial charge in [-0.2, -0.15) is 0 Å². The predicted molar refractivity (Wildman–Crippen MR) is 192 cm³/mol. The molecule has 0 aliphatic heterocycles. The highest BCUT2D eigenvalue weighted by atomic mass is 16.4. The van der Waals surface area contributed by atoms with Gasteiger partial charge >= 0.3 is 23.9 Å². The van der Waals surface area contributed by atoms with Gasteiger partial charge in [0, 0.05) is 19.3 Å². The van der Waals surface area contributed by atoms with Gasteiger partial charge in [-0.05, 0) is 29.7 Å². The standard InChI is InChI=1S/C35H43N7O15/c36-20(10-11-27(45)46)30(51)38-22(14-26(37)44)32(53)39-21(12-17-4-2-1-3-5-17)31(52)40-23(15-28(47)48)33(54)41-24(16-29(49)50)34(55)42-25(35(56)57)13-18-6-8-19(43)9-7-18/h1-9,20-25,43H,10-16,36H2,(H2,37,44)(H,38,51)(H,39,53)(H,40,52)(H,41,54)(H,42,55)(H,45,46)(H,47,48)(H,49,50)(H,56,57)/t20-,21-,22-,23-,24-,25-/m0/s1. The topological polar surface area (TPSA) is 384 Å². The molecule has 0 heterocycles. The Hall–Kier alpha value is -7.10. The largest absolute Gasteiger partial charge is 0.508 e. The second-order valence-electron chi connectivity index (χ2n) is 12.6. The minimum Gasteiger partial charge on any atom is -0.508 e. The zero-order valence-electron chi connectivity index (χ0n) is 30.1. The summed E-state index contributed by atoms with van der Waals surface area (Å²) >= 11 is 0. The zero-order valence-corrected chi connectivity index (χ0v) is 30.1. The van der Waals surface area contributed by atoms with Crippen LogP contribution in [-0.2, 0) is 60.8 Å². The Morgan fingerprint density at radius 2 is 0.912 bits per heavy atom. The summed E-state index contributed by atoms with van der Waals surface area (Å²) < 4.78 is 0. The number of hydrogen-bond acceptors (Lipinski definition) is 12. The number of carbonyl (C=O) groups is 10. The summed E-state index contributed by atoms with van der Waals surface area (Å²) in [6, 6.07) is 2.62. The number of phenols is 1. The van der Waals surface area contributed by atoms with Crippen LogP contribution >= 0.6 is 0 Å². The second kappa shape index (κ2) is 22.3. The number of phenolic OH excluding ortho intramolecular Hbond substituents is 1. The number of carboxylic acid groups (broad SMARTS) is 4. The lowest BCUT2D eigenvalue weighted by molar-refractivity contribution is -0.145. The van der Waals surface area contributed by atoms with E-state index in [4.69, 9.17) is 16.6 Å². The molecule has 0 unspecified atom stereocenters. The molecular weight excluding hydrogens is 758 g/mol. The van der Waals surface area contributed by atoms with Gasteiger partial charge in [0.05, 0.1) is 25.3 Å². The third kappa shape index (κ3) is 16.8. The van der Waals surface area contributed by atoms with E-state index in [-0.39, 0.29) is 25.0 Å². The highest BCUT2D eigenvalue weighted by molar-refractivity contribution is 5.99. The van der Waals surface area contributed by atoms with Crippen molar-refractivity contribution in [2.45, 2.75) is 81.2 Å². The number of rotatable bonds is 24. The summed E-state index contributed by atoms with van der Waals surface area (Å²) in [6.07, 6.45) is -4.56. The summed E-state index contributed by atoms with van der Waals surface area (Å²) in [5.41, 5.74) is 11.7. The molecule has 2 rings (SSSR count). The Bertz CT molecular complexity index is 1810. The Balaban J connectivity index is 2.35. The number of primary amides is 1. The molecule has 0 aliphatic rings. The number of aliphatic carboxylic acids is 4. The molecule has 2 aromatic carbocycles. The highest BCUT2D eigenvalue weighted by Gasteiger charge is 2.35. The quantitative estimate of drug-likeness (QED) is 0.0495. The van der Waals surface area contributed by atoms with E-state index >= 15 is 0 Å². The van der Waals surface area contributed by atoms with Crippen molar-refractivity contribution in [2.75, 3.05) is 0 Å². The van der Waals surface area contributed by atoms with Crippen LogP contribution in [0.2, 0.25) is 0 Å². The van der Waals surface area contributed by atoms with Gasteiger partial charge in [-0.3, -0.25) is 43.2 Å². The van der Waals surface area contributed by atoms with Gasteiger partial charge in [0.25, 0.3) is 0 Å².